The van der Waals surface area contributed by atoms with Gasteiger partial charge in [0.05, 0.1) is 0 Å². The predicted molar refractivity (Wildman–Crippen MR) is 65.6 cm³/mol. The van der Waals surface area contributed by atoms with Crippen molar-refractivity contribution >= 4 is 37.2 Å². The summed E-state index contributed by atoms with van der Waals surface area (Å²) in [7, 11) is 20.1. The summed E-state index contributed by atoms with van der Waals surface area (Å²) in [5, 5.41) is 35.7. The van der Waals surface area contributed by atoms with Gasteiger partial charge in [0.1, 0.15) is 0 Å². The van der Waals surface area contributed by atoms with Crippen LogP contribution in [0.5, 0.6) is 0 Å². The third-order valence-electron chi connectivity index (χ3n) is 0. The quantitative estimate of drug-likeness (QED) is 0.527. The van der Waals surface area contributed by atoms with Crippen molar-refractivity contribution in [3.8, 4) is 0 Å². The Bertz CT molecular complexity index is 76.0. The fraction of sp³-hybridized carbons (Fsp3) is 1.00. The van der Waals surface area contributed by atoms with Crippen LogP contribution >= 0.6 is 37.2 Å². The van der Waals surface area contributed by atoms with Gasteiger partial charge in [0, 0.05) is 0 Å². The number of hydrogen-bond acceptors (Lipinski definition) is 4. The molecule has 0 saturated heterocycles. The molecular weight excluding hydrogens is 398 g/mol. The van der Waals surface area contributed by atoms with Gasteiger partial charge in [0.15, 0.2) is 0 Å². The van der Waals surface area contributed by atoms with Crippen LogP contribution in [-0.4, -0.2) is 26.4 Å². The molecule has 0 rings (SSSR count). The normalized spacial score (nSPS) is 7.33. The first kappa shape index (κ1) is 37.0. The largest absolute Gasteiger partial charge is 4.00 e. The monoisotopic (exact) mass is 416 g/mol. The third kappa shape index (κ3) is 949. The second kappa shape index (κ2) is 42.7. The minimum absolute atomic E-state index is 0. The summed E-state index contributed by atoms with van der Waals surface area (Å²) in [6.07, 6.45) is 0. The van der Waals surface area contributed by atoms with Crippen LogP contribution in [0.2, 0.25) is 0 Å². The Kier molecular flexibility index (Phi) is 87.9. The molecule has 18 heavy (non-hydrogen) atoms. The Morgan fingerprint density at radius 2 is 0.611 bits per heavy atom. The first-order chi connectivity index (χ1) is 7.66. The van der Waals surface area contributed by atoms with Crippen molar-refractivity contribution in [2.75, 3.05) is 26.4 Å². The maximum Gasteiger partial charge on any atom is 4.00 e. The molecular formula is C8H20Cl4O4Ti2. The average Bonchev–Trinajstić information content (AvgIpc) is 2.04. The maximum absolute atomic E-state index is 8.93. The fourth-order valence-corrected chi connectivity index (χ4v) is 0. The Hall–Kier alpha value is 2.43. The van der Waals surface area contributed by atoms with Crippen molar-refractivity contribution in [2.45, 2.75) is 27.7 Å². The first-order valence-corrected chi connectivity index (χ1v) is 13.3. The van der Waals surface area contributed by atoms with Crippen molar-refractivity contribution in [3.05, 3.63) is 0 Å². The van der Waals surface area contributed by atoms with E-state index in [4.69, 9.17) is 57.6 Å². The second-order valence-electron chi connectivity index (χ2n) is 1.58. The van der Waals surface area contributed by atoms with Crippen molar-refractivity contribution < 1.29 is 54.5 Å². The van der Waals surface area contributed by atoms with Gasteiger partial charge in [-0.2, -0.15) is 0 Å². The van der Waals surface area contributed by atoms with E-state index in [1.165, 1.54) is 0 Å². The molecule has 0 atom stereocenters. The molecule has 0 heterocycles. The Morgan fingerprint density at radius 1 is 0.611 bits per heavy atom. The molecule has 112 valence electrons. The zero-order valence-electron chi connectivity index (χ0n) is 11.0. The summed E-state index contributed by atoms with van der Waals surface area (Å²) in [5.41, 5.74) is 0. The van der Waals surface area contributed by atoms with Crippen molar-refractivity contribution in [1.82, 2.24) is 0 Å². The molecule has 10 heteroatoms. The van der Waals surface area contributed by atoms with Gasteiger partial charge in [-0.3, -0.25) is 0 Å². The van der Waals surface area contributed by atoms with Crippen molar-refractivity contribution in [1.29, 1.82) is 0 Å². The smallest absolute Gasteiger partial charge is 4.00 e. The van der Waals surface area contributed by atoms with E-state index in [2.05, 4.69) is 0 Å². The van der Waals surface area contributed by atoms with E-state index >= 15 is 0 Å². The minimum atomic E-state index is -3.11. The van der Waals surface area contributed by atoms with Gasteiger partial charge in [-0.15, -0.1) is 26.4 Å². The first-order valence-electron chi connectivity index (χ1n) is 4.74. The topological polar surface area (TPSA) is 92.2 Å². The van der Waals surface area contributed by atoms with E-state index < -0.39 is 12.3 Å². The van der Waals surface area contributed by atoms with Gasteiger partial charge in [-0.1, -0.05) is 27.7 Å². The van der Waals surface area contributed by atoms with E-state index in [1.807, 2.05) is 0 Å². The zero-order valence-corrected chi connectivity index (χ0v) is 17.1. The summed E-state index contributed by atoms with van der Waals surface area (Å²) in [6.45, 7) is 6.28. The van der Waals surface area contributed by atoms with Crippen molar-refractivity contribution in [2.24, 2.45) is 0 Å². The van der Waals surface area contributed by atoms with Gasteiger partial charge in [-0.05, 0) is 0 Å². The molecule has 0 aliphatic heterocycles. The molecule has 0 aromatic heterocycles. The van der Waals surface area contributed by atoms with E-state index in [9.17, 15) is 0 Å². The molecule has 0 saturated carbocycles. The van der Waals surface area contributed by atoms with Gasteiger partial charge in [0.25, 0.3) is 0 Å². The molecule has 0 amide bonds. The van der Waals surface area contributed by atoms with E-state index in [0.717, 1.165) is 0 Å². The summed E-state index contributed by atoms with van der Waals surface area (Å²) >= 11 is -3.11. The Balaban J connectivity index is -0.0000000252. The third-order valence-corrected chi connectivity index (χ3v) is 0. The summed E-state index contributed by atoms with van der Waals surface area (Å²) < 4.78 is 0. The Morgan fingerprint density at radius 3 is 0.611 bits per heavy atom. The van der Waals surface area contributed by atoms with Gasteiger partial charge in [-0.25, -0.2) is 0 Å². The van der Waals surface area contributed by atoms with Crippen LogP contribution in [0.3, 0.4) is 0 Å². The number of rotatable bonds is 0. The molecule has 0 aromatic rings. The molecule has 0 radical (unpaired) electrons. The summed E-state index contributed by atoms with van der Waals surface area (Å²) in [6, 6.07) is 0. The van der Waals surface area contributed by atoms with E-state index in [-0.39, 0.29) is 48.1 Å². The molecule has 0 spiro atoms. The van der Waals surface area contributed by atoms with Crippen LogP contribution in [0.4, 0.5) is 0 Å². The number of hydrogen-bond donors (Lipinski definition) is 0. The SMILES string of the molecule is CC[O-].CC[O-].CC[O-].CC[O-].[Cl][Ti]([Cl])([Cl])[Cl].[Ti+4]. The van der Waals surface area contributed by atoms with Crippen LogP contribution in [0.1, 0.15) is 27.7 Å². The van der Waals surface area contributed by atoms with Crippen molar-refractivity contribution in [3.63, 3.8) is 0 Å². The average molecular weight is 418 g/mol. The summed E-state index contributed by atoms with van der Waals surface area (Å²) in [5.74, 6) is 0. The van der Waals surface area contributed by atoms with Crippen LogP contribution in [0.25, 0.3) is 0 Å². The molecule has 0 fully saturated rings. The molecule has 4 nitrogen and oxygen atoms in total. The molecule has 0 aliphatic carbocycles. The van der Waals surface area contributed by atoms with Crippen LogP contribution in [0, 0.1) is 0 Å². The van der Waals surface area contributed by atoms with Gasteiger partial charge >= 0.3 is 71.3 Å². The molecule has 0 N–H and O–H groups in total. The zero-order chi connectivity index (χ0) is 15.3. The number of halogens is 4. The fourth-order valence-electron chi connectivity index (χ4n) is 0. The molecule has 0 aliphatic rings. The summed E-state index contributed by atoms with van der Waals surface area (Å²) in [4.78, 5) is 0. The van der Waals surface area contributed by atoms with Gasteiger partial charge < -0.3 is 20.4 Å². The predicted octanol–water partition coefficient (Wildman–Crippen LogP) is 0.219. The molecule has 0 aromatic carbocycles. The van der Waals surface area contributed by atoms with E-state index in [1.54, 1.807) is 27.7 Å². The van der Waals surface area contributed by atoms with Crippen LogP contribution in [-0.2, 0) is 34.1 Å². The van der Waals surface area contributed by atoms with Crippen LogP contribution in [0.15, 0.2) is 0 Å². The van der Waals surface area contributed by atoms with E-state index in [0.29, 0.717) is 0 Å². The molecule has 0 unspecified atom stereocenters. The van der Waals surface area contributed by atoms with Gasteiger partial charge in [0.2, 0.25) is 0 Å². The second-order valence-corrected chi connectivity index (χ2v) is 17.1. The standard InChI is InChI=1S/4C2H5O.4ClH.2Ti/c4*1-2-3;;;;;;/h4*2H2,1H3;4*1H;;/q4*-1;;;;;2*+4/p-4. The Labute approximate surface area is 144 Å². The van der Waals surface area contributed by atoms with Crippen LogP contribution < -0.4 is 20.4 Å². The molecule has 0 bridgehead atoms. The minimum Gasteiger partial charge on any atom is 4.00 e. The maximum atomic E-state index is 8.93.